The number of hydrogen-bond donors (Lipinski definition) is 3. The lowest BCUT2D eigenvalue weighted by molar-refractivity contribution is -0.509. The minimum absolute atomic E-state index is 0.514. The minimum Gasteiger partial charge on any atom is -0.478 e. The maximum absolute atomic E-state index is 9.25. The fourth-order valence-corrected chi connectivity index (χ4v) is 0.130. The van der Waals surface area contributed by atoms with Crippen molar-refractivity contribution in [1.29, 1.82) is 0 Å². The van der Waals surface area contributed by atoms with Gasteiger partial charge < -0.3 is 15.3 Å². The summed E-state index contributed by atoms with van der Waals surface area (Å²) in [5.41, 5.74) is 0. The van der Waals surface area contributed by atoms with Gasteiger partial charge in [0.15, 0.2) is 0 Å². The van der Waals surface area contributed by atoms with Crippen LogP contribution < -0.4 is 0 Å². The fraction of sp³-hybridized carbons (Fsp3) is 0.308. The van der Waals surface area contributed by atoms with Crippen LogP contribution in [0.4, 0.5) is 0 Å². The summed E-state index contributed by atoms with van der Waals surface area (Å²) in [6, 6.07) is 0. The van der Waals surface area contributed by atoms with Gasteiger partial charge in [0.2, 0.25) is 0 Å². The molecule has 3 N–H and O–H groups in total. The average molecular weight is 322 g/mol. The maximum Gasteiger partial charge on any atom is 0.327 e. The Balaban J connectivity index is -0.0000000995. The van der Waals surface area contributed by atoms with E-state index in [1.165, 1.54) is 0 Å². The van der Waals surface area contributed by atoms with Crippen LogP contribution in [-0.4, -0.2) is 46.4 Å². The Morgan fingerprint density at radius 2 is 0.955 bits per heavy atom. The molecule has 0 amide bonds. The second-order valence-corrected chi connectivity index (χ2v) is 2.51. The number of hydrogen-bond acceptors (Lipinski definition) is 6. The molecular formula is C13H22O9. The van der Waals surface area contributed by atoms with Crippen molar-refractivity contribution in [2.45, 2.75) is 13.8 Å². The van der Waals surface area contributed by atoms with Crippen LogP contribution in [0.15, 0.2) is 38.0 Å². The van der Waals surface area contributed by atoms with E-state index in [1.807, 2.05) is 13.8 Å². The van der Waals surface area contributed by atoms with E-state index < -0.39 is 17.9 Å². The third-order valence-electron chi connectivity index (χ3n) is 0.856. The average Bonchev–Trinajstić information content (AvgIpc) is 2.49. The van der Waals surface area contributed by atoms with Gasteiger partial charge in [-0.1, -0.05) is 24.8 Å². The van der Waals surface area contributed by atoms with Crippen molar-refractivity contribution in [2.24, 2.45) is 0 Å². The van der Waals surface area contributed by atoms with Crippen LogP contribution >= 0.6 is 0 Å². The Morgan fingerprint density at radius 3 is 1.05 bits per heavy atom. The minimum atomic E-state index is -0.981. The zero-order valence-electron chi connectivity index (χ0n) is 12.6. The lowest BCUT2D eigenvalue weighted by Gasteiger charge is -1.94. The first-order chi connectivity index (χ1) is 10.2. The van der Waals surface area contributed by atoms with Crippen molar-refractivity contribution < 1.29 is 44.5 Å². The summed E-state index contributed by atoms with van der Waals surface area (Å²) in [7, 11) is 0. The number of carbonyl (C=O) groups is 3. The molecule has 0 aliphatic carbocycles. The topological polar surface area (TPSA) is 140 Å². The van der Waals surface area contributed by atoms with Gasteiger partial charge in [0.25, 0.3) is 0 Å². The van der Waals surface area contributed by atoms with Crippen LogP contribution in [0.1, 0.15) is 13.8 Å². The molecule has 0 radical (unpaired) electrons. The van der Waals surface area contributed by atoms with Gasteiger partial charge in [-0.25, -0.2) is 24.2 Å². The van der Waals surface area contributed by atoms with E-state index in [0.717, 1.165) is 18.2 Å². The Morgan fingerprint density at radius 1 is 0.773 bits per heavy atom. The van der Waals surface area contributed by atoms with E-state index in [0.29, 0.717) is 13.2 Å². The second-order valence-electron chi connectivity index (χ2n) is 2.51. The molecule has 0 aromatic carbocycles. The SMILES string of the molecule is C=CC(=O)O.C=CC(=O)O.C=CC(=O)O.CCOOOCC. The van der Waals surface area contributed by atoms with Gasteiger partial charge in [0.05, 0.1) is 13.2 Å². The highest BCUT2D eigenvalue weighted by Gasteiger charge is 1.77. The molecule has 0 aromatic heterocycles. The summed E-state index contributed by atoms with van der Waals surface area (Å²) in [5.74, 6) is -2.94. The first-order valence-electron chi connectivity index (χ1n) is 5.70. The number of aliphatic carboxylic acids is 3. The summed E-state index contributed by atoms with van der Waals surface area (Å²) >= 11 is 0. The molecule has 0 bridgehead atoms. The van der Waals surface area contributed by atoms with Gasteiger partial charge in [-0.15, -0.1) is 0 Å². The van der Waals surface area contributed by atoms with E-state index in [2.05, 4.69) is 34.6 Å². The van der Waals surface area contributed by atoms with Gasteiger partial charge in [-0.3, -0.25) is 0 Å². The van der Waals surface area contributed by atoms with Crippen LogP contribution in [0.25, 0.3) is 0 Å². The molecule has 0 aliphatic heterocycles. The van der Waals surface area contributed by atoms with Crippen LogP contribution in [0.5, 0.6) is 0 Å². The van der Waals surface area contributed by atoms with Gasteiger partial charge in [0.1, 0.15) is 0 Å². The number of rotatable bonds is 7. The molecule has 0 unspecified atom stereocenters. The summed E-state index contributed by atoms with van der Waals surface area (Å²) in [6.45, 7) is 13.5. The van der Waals surface area contributed by atoms with E-state index >= 15 is 0 Å². The molecule has 0 saturated carbocycles. The largest absolute Gasteiger partial charge is 0.478 e. The molecule has 0 spiro atoms. The highest BCUT2D eigenvalue weighted by molar-refractivity contribution is 5.79. The lowest BCUT2D eigenvalue weighted by Crippen LogP contribution is -1.94. The molecule has 128 valence electrons. The van der Waals surface area contributed by atoms with Gasteiger partial charge >= 0.3 is 17.9 Å². The van der Waals surface area contributed by atoms with Crippen LogP contribution in [0, 0.1) is 0 Å². The summed E-state index contributed by atoms with van der Waals surface area (Å²) < 4.78 is 0. The number of carboxylic acid groups (broad SMARTS) is 3. The quantitative estimate of drug-likeness (QED) is 0.276. The second kappa shape index (κ2) is 27.0. The summed E-state index contributed by atoms with van der Waals surface area (Å²) in [5, 5.41) is 26.9. The standard InChI is InChI=1S/C4H10O3.3C3H4O2/c1-3-5-7-6-4-2;3*1-2-3(4)5/h3-4H2,1-2H3;3*2H,1H2,(H,4,5). The third-order valence-corrected chi connectivity index (χ3v) is 0.856. The molecule has 0 aromatic rings. The highest BCUT2D eigenvalue weighted by atomic mass is 17.5. The molecule has 9 nitrogen and oxygen atoms in total. The maximum atomic E-state index is 9.25. The van der Waals surface area contributed by atoms with Gasteiger partial charge in [-0.2, -0.15) is 0 Å². The Kier molecular flexibility index (Phi) is 34.0. The highest BCUT2D eigenvalue weighted by Crippen LogP contribution is 1.77. The molecule has 0 saturated heterocycles. The van der Waals surface area contributed by atoms with Gasteiger partial charge in [-0.05, 0) is 13.8 Å². The van der Waals surface area contributed by atoms with Crippen molar-refractivity contribution in [2.75, 3.05) is 13.2 Å². The zero-order chi connectivity index (χ0) is 18.4. The van der Waals surface area contributed by atoms with Crippen LogP contribution in [0.2, 0.25) is 0 Å². The van der Waals surface area contributed by atoms with Crippen molar-refractivity contribution in [1.82, 2.24) is 0 Å². The summed E-state index contributed by atoms with van der Waals surface area (Å²) in [4.78, 5) is 36.5. The molecule has 0 aliphatic rings. The molecule has 0 rings (SSSR count). The molecule has 9 heteroatoms. The molecule has 22 heavy (non-hydrogen) atoms. The van der Waals surface area contributed by atoms with E-state index in [4.69, 9.17) is 15.3 Å². The predicted molar refractivity (Wildman–Crippen MR) is 77.8 cm³/mol. The van der Waals surface area contributed by atoms with E-state index in [1.54, 1.807) is 0 Å². The van der Waals surface area contributed by atoms with Crippen molar-refractivity contribution in [3.8, 4) is 0 Å². The summed E-state index contributed by atoms with van der Waals surface area (Å²) in [6.07, 6.45) is 2.50. The molecular weight excluding hydrogens is 300 g/mol. The lowest BCUT2D eigenvalue weighted by atomic mass is 10.7. The molecule has 0 heterocycles. The van der Waals surface area contributed by atoms with E-state index in [-0.39, 0.29) is 0 Å². The van der Waals surface area contributed by atoms with Crippen molar-refractivity contribution >= 4 is 17.9 Å². The molecule has 0 fully saturated rings. The fourth-order valence-electron chi connectivity index (χ4n) is 0.130. The Labute approximate surface area is 128 Å². The first kappa shape index (κ1) is 27.8. The van der Waals surface area contributed by atoms with Crippen LogP contribution in [0.3, 0.4) is 0 Å². The smallest absolute Gasteiger partial charge is 0.327 e. The van der Waals surface area contributed by atoms with Crippen molar-refractivity contribution in [3.05, 3.63) is 38.0 Å². The molecule has 0 atom stereocenters. The van der Waals surface area contributed by atoms with E-state index in [9.17, 15) is 14.4 Å². The van der Waals surface area contributed by atoms with Gasteiger partial charge in [0, 0.05) is 18.2 Å². The van der Waals surface area contributed by atoms with Crippen molar-refractivity contribution in [3.63, 3.8) is 0 Å². The normalized spacial score (nSPS) is 7.36. The number of carboxylic acids is 3. The van der Waals surface area contributed by atoms with Crippen LogP contribution in [-0.2, 0) is 29.2 Å². The Bertz CT molecular complexity index is 277. The predicted octanol–water partition coefficient (Wildman–Crippen LogP) is 1.68. The monoisotopic (exact) mass is 322 g/mol. The zero-order valence-corrected chi connectivity index (χ0v) is 12.6. The third kappa shape index (κ3) is 84.6. The first-order valence-corrected chi connectivity index (χ1v) is 5.70. The Hall–Kier alpha value is -2.49.